The topological polar surface area (TPSA) is 89.4 Å². The average molecular weight is 263 g/mol. The van der Waals surface area contributed by atoms with Crippen molar-refractivity contribution in [1.29, 1.82) is 0 Å². The Bertz CT molecular complexity index is 438. The van der Waals surface area contributed by atoms with Gasteiger partial charge in [-0.2, -0.15) is 0 Å². The predicted molar refractivity (Wildman–Crippen MR) is 75.7 cm³/mol. The van der Waals surface area contributed by atoms with Gasteiger partial charge in [0, 0.05) is 5.56 Å². The molecule has 4 heteroatoms. The fourth-order valence-corrected chi connectivity index (χ4v) is 1.66. The molecule has 0 saturated carbocycles. The summed E-state index contributed by atoms with van der Waals surface area (Å²) in [4.78, 5) is 23.1. The SMILES string of the molecule is CCCCCC=C(C(=O)O)C(=O)c1ccccc1.N. The first-order chi connectivity index (χ1) is 8.66. The number of Topliss-reactive ketones (excluding diaryl/α,β-unsaturated/α-hetero) is 1. The molecule has 0 atom stereocenters. The summed E-state index contributed by atoms with van der Waals surface area (Å²) in [5.74, 6) is -1.57. The number of benzene rings is 1. The molecule has 0 aliphatic carbocycles. The maximum Gasteiger partial charge on any atom is 0.339 e. The Morgan fingerprint density at radius 2 is 1.79 bits per heavy atom. The summed E-state index contributed by atoms with van der Waals surface area (Å²) in [5.41, 5.74) is 0.291. The number of unbranched alkanes of at least 4 members (excludes halogenated alkanes) is 3. The molecule has 0 heterocycles. The molecule has 0 spiro atoms. The van der Waals surface area contributed by atoms with Gasteiger partial charge in [-0.1, -0.05) is 56.2 Å². The summed E-state index contributed by atoms with van der Waals surface area (Å²) in [6, 6.07) is 8.51. The molecule has 0 saturated heterocycles. The van der Waals surface area contributed by atoms with Gasteiger partial charge in [0.1, 0.15) is 5.57 Å². The molecular formula is C15H21NO3. The third-order valence-electron chi connectivity index (χ3n) is 2.67. The van der Waals surface area contributed by atoms with Gasteiger partial charge < -0.3 is 11.3 Å². The van der Waals surface area contributed by atoms with Gasteiger partial charge in [-0.15, -0.1) is 0 Å². The summed E-state index contributed by atoms with van der Waals surface area (Å²) in [5, 5.41) is 9.07. The maximum atomic E-state index is 12.0. The highest BCUT2D eigenvalue weighted by molar-refractivity contribution is 6.23. The van der Waals surface area contributed by atoms with Gasteiger partial charge in [0.05, 0.1) is 0 Å². The van der Waals surface area contributed by atoms with Crippen LogP contribution in [0.3, 0.4) is 0 Å². The molecule has 4 nitrogen and oxygen atoms in total. The van der Waals surface area contributed by atoms with Crippen molar-refractivity contribution in [3.8, 4) is 0 Å². The number of rotatable bonds is 7. The maximum absolute atomic E-state index is 12.0. The number of hydrogen-bond acceptors (Lipinski definition) is 3. The molecule has 1 aromatic carbocycles. The summed E-state index contributed by atoms with van der Waals surface area (Å²) >= 11 is 0. The number of ketones is 1. The van der Waals surface area contributed by atoms with Crippen molar-refractivity contribution in [3.63, 3.8) is 0 Å². The van der Waals surface area contributed by atoms with Gasteiger partial charge in [-0.3, -0.25) is 4.79 Å². The molecule has 19 heavy (non-hydrogen) atoms. The second kappa shape index (κ2) is 9.05. The van der Waals surface area contributed by atoms with Crippen LogP contribution in [0.15, 0.2) is 42.0 Å². The Kier molecular flexibility index (Phi) is 8.13. The third kappa shape index (κ3) is 5.48. The molecule has 4 N–H and O–H groups in total. The van der Waals surface area contributed by atoms with E-state index in [4.69, 9.17) is 5.11 Å². The van der Waals surface area contributed by atoms with Crippen molar-refractivity contribution < 1.29 is 14.7 Å². The second-order valence-electron chi connectivity index (χ2n) is 4.11. The fourth-order valence-electron chi connectivity index (χ4n) is 1.66. The minimum atomic E-state index is -1.15. The zero-order chi connectivity index (χ0) is 13.4. The zero-order valence-electron chi connectivity index (χ0n) is 11.3. The van der Waals surface area contributed by atoms with Crippen molar-refractivity contribution >= 4 is 11.8 Å². The van der Waals surface area contributed by atoms with E-state index in [1.165, 1.54) is 6.08 Å². The van der Waals surface area contributed by atoms with E-state index in [2.05, 4.69) is 6.92 Å². The van der Waals surface area contributed by atoms with Gasteiger partial charge in [-0.25, -0.2) is 4.79 Å². The highest BCUT2D eigenvalue weighted by Gasteiger charge is 2.18. The molecule has 0 unspecified atom stereocenters. The lowest BCUT2D eigenvalue weighted by atomic mass is 10.0. The van der Waals surface area contributed by atoms with Crippen molar-refractivity contribution in [3.05, 3.63) is 47.5 Å². The van der Waals surface area contributed by atoms with Gasteiger partial charge in [-0.05, 0) is 12.8 Å². The molecule has 0 radical (unpaired) electrons. The molecule has 0 aliphatic rings. The van der Waals surface area contributed by atoms with Crippen LogP contribution in [0, 0.1) is 0 Å². The highest BCUT2D eigenvalue weighted by Crippen LogP contribution is 2.11. The minimum absolute atomic E-state index is 0. The molecule has 104 valence electrons. The lowest BCUT2D eigenvalue weighted by molar-refractivity contribution is -0.132. The van der Waals surface area contributed by atoms with E-state index < -0.39 is 11.8 Å². The lowest BCUT2D eigenvalue weighted by Gasteiger charge is -2.02. The molecule has 0 aliphatic heterocycles. The van der Waals surface area contributed by atoms with Crippen LogP contribution in [0.25, 0.3) is 0 Å². The van der Waals surface area contributed by atoms with Gasteiger partial charge in [0.15, 0.2) is 5.78 Å². The van der Waals surface area contributed by atoms with E-state index in [1.54, 1.807) is 30.3 Å². The number of carbonyl (C=O) groups is 2. The summed E-state index contributed by atoms with van der Waals surface area (Å²) in [6.45, 7) is 2.08. The standard InChI is InChI=1S/C15H18O3.H3N/c1-2-3-4-8-11-13(15(17)18)14(16)12-9-6-5-7-10-12;/h5-7,9-11H,2-4,8H2,1H3,(H,17,18);1H3. The average Bonchev–Trinajstić information content (AvgIpc) is 2.39. The van der Waals surface area contributed by atoms with E-state index >= 15 is 0 Å². The van der Waals surface area contributed by atoms with E-state index in [-0.39, 0.29) is 11.7 Å². The van der Waals surface area contributed by atoms with Crippen LogP contribution in [0.5, 0.6) is 0 Å². The Morgan fingerprint density at radius 3 is 2.32 bits per heavy atom. The number of aliphatic carboxylic acids is 1. The Hall–Kier alpha value is -1.94. The molecule has 0 amide bonds. The predicted octanol–water partition coefficient (Wildman–Crippen LogP) is 3.62. The number of carboxylic acids is 1. The summed E-state index contributed by atoms with van der Waals surface area (Å²) < 4.78 is 0. The van der Waals surface area contributed by atoms with Crippen LogP contribution in [0.4, 0.5) is 0 Å². The van der Waals surface area contributed by atoms with E-state index in [9.17, 15) is 9.59 Å². The van der Waals surface area contributed by atoms with Crippen LogP contribution < -0.4 is 6.15 Å². The number of allylic oxidation sites excluding steroid dienone is 1. The minimum Gasteiger partial charge on any atom is -0.478 e. The monoisotopic (exact) mass is 263 g/mol. The van der Waals surface area contributed by atoms with Crippen molar-refractivity contribution in [2.24, 2.45) is 0 Å². The van der Waals surface area contributed by atoms with Gasteiger partial charge >= 0.3 is 5.97 Å². The normalized spacial score (nSPS) is 10.7. The van der Waals surface area contributed by atoms with E-state index in [0.29, 0.717) is 12.0 Å². The third-order valence-corrected chi connectivity index (χ3v) is 2.67. The zero-order valence-corrected chi connectivity index (χ0v) is 11.3. The first kappa shape index (κ1) is 17.1. The van der Waals surface area contributed by atoms with Crippen molar-refractivity contribution in [2.45, 2.75) is 32.6 Å². The highest BCUT2D eigenvalue weighted by atomic mass is 16.4. The van der Waals surface area contributed by atoms with E-state index in [1.807, 2.05) is 0 Å². The smallest absolute Gasteiger partial charge is 0.339 e. The quantitative estimate of drug-likeness (QED) is 0.258. The summed E-state index contributed by atoms with van der Waals surface area (Å²) in [7, 11) is 0. The first-order valence-electron chi connectivity index (χ1n) is 6.20. The van der Waals surface area contributed by atoms with Crippen LogP contribution in [0.1, 0.15) is 43.0 Å². The molecule has 0 bridgehead atoms. The molecular weight excluding hydrogens is 242 g/mol. The Morgan fingerprint density at radius 1 is 1.16 bits per heavy atom. The lowest BCUT2D eigenvalue weighted by Crippen LogP contribution is -2.12. The second-order valence-corrected chi connectivity index (χ2v) is 4.11. The summed E-state index contributed by atoms with van der Waals surface area (Å²) in [6.07, 6.45) is 5.20. The fraction of sp³-hybridized carbons (Fsp3) is 0.333. The molecule has 1 rings (SSSR count). The van der Waals surface area contributed by atoms with Crippen LogP contribution >= 0.6 is 0 Å². The number of hydrogen-bond donors (Lipinski definition) is 2. The van der Waals surface area contributed by atoms with Gasteiger partial charge in [0.2, 0.25) is 0 Å². The number of carboxylic acid groups (broad SMARTS) is 1. The number of carbonyl (C=O) groups excluding carboxylic acids is 1. The molecule has 0 fully saturated rings. The Balaban J connectivity index is 0.00000324. The van der Waals surface area contributed by atoms with Crippen molar-refractivity contribution in [1.82, 2.24) is 6.15 Å². The first-order valence-corrected chi connectivity index (χ1v) is 6.20. The molecule has 1 aromatic rings. The van der Waals surface area contributed by atoms with Crippen LogP contribution in [-0.4, -0.2) is 16.9 Å². The van der Waals surface area contributed by atoms with Crippen LogP contribution in [-0.2, 0) is 4.79 Å². The molecule has 0 aromatic heterocycles. The van der Waals surface area contributed by atoms with Gasteiger partial charge in [0.25, 0.3) is 0 Å². The van der Waals surface area contributed by atoms with E-state index in [0.717, 1.165) is 19.3 Å². The van der Waals surface area contributed by atoms with Crippen molar-refractivity contribution in [2.75, 3.05) is 0 Å². The van der Waals surface area contributed by atoms with Crippen LogP contribution in [0.2, 0.25) is 0 Å². The Labute approximate surface area is 113 Å². The largest absolute Gasteiger partial charge is 0.478 e.